The van der Waals surface area contributed by atoms with Crippen molar-refractivity contribution in [1.82, 2.24) is 5.32 Å². The Morgan fingerprint density at radius 3 is 2.82 bits per heavy atom. The average molecular weight is 237 g/mol. The van der Waals surface area contributed by atoms with Crippen LogP contribution in [-0.2, 0) is 11.2 Å². The summed E-state index contributed by atoms with van der Waals surface area (Å²) in [4.78, 5) is 11.1. The largest absolute Gasteiger partial charge is 0.496 e. The predicted molar refractivity (Wildman–Crippen MR) is 66.1 cm³/mol. The van der Waals surface area contributed by atoms with Gasteiger partial charge in [0.05, 0.1) is 13.7 Å². The molecule has 0 aliphatic rings. The molecule has 0 radical (unpaired) electrons. The lowest BCUT2D eigenvalue weighted by atomic mass is 10.1. The van der Waals surface area contributed by atoms with Crippen molar-refractivity contribution < 1.29 is 14.6 Å². The van der Waals surface area contributed by atoms with Crippen LogP contribution >= 0.6 is 0 Å². The number of methoxy groups -OCH3 is 1. The number of nitrogens with one attached hydrogen (secondary N) is 1. The van der Waals surface area contributed by atoms with Gasteiger partial charge in [-0.1, -0.05) is 12.1 Å². The van der Waals surface area contributed by atoms with Crippen LogP contribution in [0.3, 0.4) is 0 Å². The summed E-state index contributed by atoms with van der Waals surface area (Å²) < 4.78 is 5.18. The van der Waals surface area contributed by atoms with Gasteiger partial charge in [0.15, 0.2) is 0 Å². The maximum absolute atomic E-state index is 11.1. The van der Waals surface area contributed by atoms with Crippen molar-refractivity contribution in [2.24, 2.45) is 0 Å². The molecule has 0 atom stereocenters. The minimum absolute atomic E-state index is 0.104. The van der Waals surface area contributed by atoms with E-state index in [9.17, 15) is 4.79 Å². The van der Waals surface area contributed by atoms with E-state index in [4.69, 9.17) is 9.84 Å². The van der Waals surface area contributed by atoms with Crippen LogP contribution in [0, 0.1) is 6.92 Å². The number of rotatable bonds is 6. The predicted octanol–water partition coefficient (Wildman–Crippen LogP) is 1.04. The highest BCUT2D eigenvalue weighted by Crippen LogP contribution is 2.18. The minimum Gasteiger partial charge on any atom is -0.496 e. The molecule has 1 aromatic rings. The standard InChI is InChI=1S/C13H19NO3/c1-10-9-11(3-4-12(10)17-2)5-7-14-13(16)6-8-15/h3-4,9,15H,5-8H2,1-2H3,(H,14,16). The highest BCUT2D eigenvalue weighted by molar-refractivity contribution is 5.75. The highest BCUT2D eigenvalue weighted by Gasteiger charge is 2.02. The summed E-state index contributed by atoms with van der Waals surface area (Å²) in [6.07, 6.45) is 0.948. The number of amides is 1. The third kappa shape index (κ3) is 4.44. The van der Waals surface area contributed by atoms with E-state index in [-0.39, 0.29) is 18.9 Å². The quantitative estimate of drug-likeness (QED) is 0.777. The number of hydrogen-bond acceptors (Lipinski definition) is 3. The number of carbonyl (C=O) groups is 1. The molecule has 0 heterocycles. The van der Waals surface area contributed by atoms with E-state index in [2.05, 4.69) is 11.4 Å². The van der Waals surface area contributed by atoms with E-state index in [1.54, 1.807) is 7.11 Å². The molecule has 0 aliphatic heterocycles. The summed E-state index contributed by atoms with van der Waals surface area (Å²) in [5, 5.41) is 11.3. The molecule has 0 spiro atoms. The lowest BCUT2D eigenvalue weighted by Crippen LogP contribution is -2.26. The molecule has 17 heavy (non-hydrogen) atoms. The zero-order chi connectivity index (χ0) is 12.7. The number of aliphatic hydroxyl groups excluding tert-OH is 1. The Bertz CT molecular complexity index is 377. The van der Waals surface area contributed by atoms with Crippen LogP contribution in [0.5, 0.6) is 5.75 Å². The number of ether oxygens (including phenoxy) is 1. The normalized spacial score (nSPS) is 10.1. The fraction of sp³-hybridized carbons (Fsp3) is 0.462. The smallest absolute Gasteiger partial charge is 0.222 e. The average Bonchev–Trinajstić information content (AvgIpc) is 2.29. The second kappa shape index (κ2) is 6.91. The van der Waals surface area contributed by atoms with Crippen LogP contribution in [0.25, 0.3) is 0 Å². The van der Waals surface area contributed by atoms with Gasteiger partial charge < -0.3 is 15.2 Å². The van der Waals surface area contributed by atoms with Gasteiger partial charge in [-0.25, -0.2) is 0 Å². The van der Waals surface area contributed by atoms with E-state index in [1.807, 2.05) is 19.1 Å². The monoisotopic (exact) mass is 237 g/mol. The summed E-state index contributed by atoms with van der Waals surface area (Å²) in [5.41, 5.74) is 2.25. The lowest BCUT2D eigenvalue weighted by molar-refractivity contribution is -0.121. The van der Waals surface area contributed by atoms with Crippen molar-refractivity contribution in [1.29, 1.82) is 0 Å². The van der Waals surface area contributed by atoms with Crippen LogP contribution < -0.4 is 10.1 Å². The van der Waals surface area contributed by atoms with Gasteiger partial charge in [-0.05, 0) is 30.5 Å². The second-order valence-corrected chi connectivity index (χ2v) is 3.88. The molecule has 2 N–H and O–H groups in total. The van der Waals surface area contributed by atoms with Crippen molar-refractivity contribution in [3.63, 3.8) is 0 Å². The molecule has 1 aromatic carbocycles. The Labute approximate surface area is 102 Å². The van der Waals surface area contributed by atoms with Crippen LogP contribution in [0.15, 0.2) is 18.2 Å². The molecule has 0 unspecified atom stereocenters. The maximum atomic E-state index is 11.1. The third-order valence-electron chi connectivity index (χ3n) is 2.53. The lowest BCUT2D eigenvalue weighted by Gasteiger charge is -2.08. The fourth-order valence-electron chi connectivity index (χ4n) is 1.63. The van der Waals surface area contributed by atoms with E-state index in [1.165, 1.54) is 0 Å². The van der Waals surface area contributed by atoms with Crippen molar-refractivity contribution in [2.75, 3.05) is 20.3 Å². The number of benzene rings is 1. The van der Waals surface area contributed by atoms with Gasteiger partial charge in [0.2, 0.25) is 5.91 Å². The molecule has 94 valence electrons. The molecule has 0 aromatic heterocycles. The van der Waals surface area contributed by atoms with Gasteiger partial charge in [-0.2, -0.15) is 0 Å². The van der Waals surface area contributed by atoms with E-state index in [0.717, 1.165) is 23.3 Å². The summed E-state index contributed by atoms with van der Waals surface area (Å²) in [5.74, 6) is 0.760. The van der Waals surface area contributed by atoms with Gasteiger partial charge in [-0.15, -0.1) is 0 Å². The van der Waals surface area contributed by atoms with E-state index < -0.39 is 0 Å². The third-order valence-corrected chi connectivity index (χ3v) is 2.53. The molecule has 0 fully saturated rings. The fourth-order valence-corrected chi connectivity index (χ4v) is 1.63. The van der Waals surface area contributed by atoms with Crippen molar-refractivity contribution in [3.05, 3.63) is 29.3 Å². The van der Waals surface area contributed by atoms with Gasteiger partial charge >= 0.3 is 0 Å². The highest BCUT2D eigenvalue weighted by atomic mass is 16.5. The Hall–Kier alpha value is -1.55. The minimum atomic E-state index is -0.113. The molecule has 0 aliphatic carbocycles. The second-order valence-electron chi connectivity index (χ2n) is 3.88. The van der Waals surface area contributed by atoms with Gasteiger partial charge in [0.25, 0.3) is 0 Å². The summed E-state index contributed by atoms with van der Waals surface area (Å²) in [6.45, 7) is 2.48. The zero-order valence-electron chi connectivity index (χ0n) is 10.3. The number of aryl methyl sites for hydroxylation is 1. The topological polar surface area (TPSA) is 58.6 Å². The molecule has 1 rings (SSSR count). The first kappa shape index (κ1) is 13.5. The molecule has 4 heteroatoms. The van der Waals surface area contributed by atoms with Crippen molar-refractivity contribution >= 4 is 5.91 Å². The first-order valence-corrected chi connectivity index (χ1v) is 5.68. The SMILES string of the molecule is COc1ccc(CCNC(=O)CCO)cc1C. The maximum Gasteiger partial charge on any atom is 0.222 e. The Morgan fingerprint density at radius 1 is 1.47 bits per heavy atom. The van der Waals surface area contributed by atoms with Crippen LogP contribution in [0.2, 0.25) is 0 Å². The zero-order valence-corrected chi connectivity index (χ0v) is 10.3. The molecule has 0 saturated heterocycles. The summed E-state index contributed by atoms with van der Waals surface area (Å²) >= 11 is 0. The molecule has 1 amide bonds. The van der Waals surface area contributed by atoms with Crippen molar-refractivity contribution in [2.45, 2.75) is 19.8 Å². The molecule has 4 nitrogen and oxygen atoms in total. The Kier molecular flexibility index (Phi) is 5.49. The van der Waals surface area contributed by atoms with Crippen LogP contribution in [0.1, 0.15) is 17.5 Å². The summed E-state index contributed by atoms with van der Waals surface area (Å²) in [7, 11) is 1.65. The molecular weight excluding hydrogens is 218 g/mol. The van der Waals surface area contributed by atoms with Crippen molar-refractivity contribution in [3.8, 4) is 5.75 Å². The molecule has 0 bridgehead atoms. The first-order valence-electron chi connectivity index (χ1n) is 5.68. The van der Waals surface area contributed by atoms with Gasteiger partial charge in [0.1, 0.15) is 5.75 Å². The summed E-state index contributed by atoms with van der Waals surface area (Å²) in [6, 6.07) is 5.97. The Morgan fingerprint density at radius 2 is 2.24 bits per heavy atom. The van der Waals surface area contributed by atoms with Gasteiger partial charge in [-0.3, -0.25) is 4.79 Å². The van der Waals surface area contributed by atoms with Crippen LogP contribution in [0.4, 0.5) is 0 Å². The number of aliphatic hydroxyl groups is 1. The number of carbonyl (C=O) groups excluding carboxylic acids is 1. The van der Waals surface area contributed by atoms with Gasteiger partial charge in [0, 0.05) is 13.0 Å². The van der Waals surface area contributed by atoms with E-state index in [0.29, 0.717) is 6.54 Å². The molecule has 0 saturated carbocycles. The van der Waals surface area contributed by atoms with E-state index >= 15 is 0 Å². The first-order chi connectivity index (χ1) is 8.17. The molecular formula is C13H19NO3. The number of hydrogen-bond donors (Lipinski definition) is 2. The Balaban J connectivity index is 2.42. The van der Waals surface area contributed by atoms with Crippen LogP contribution in [-0.4, -0.2) is 31.3 Å².